The Labute approximate surface area is 145 Å². The summed E-state index contributed by atoms with van der Waals surface area (Å²) >= 11 is 0. The summed E-state index contributed by atoms with van der Waals surface area (Å²) in [5.41, 5.74) is 1.75. The number of carbonyl (C=O) groups excluding carboxylic acids is 2. The first-order valence-electron chi connectivity index (χ1n) is 8.74. The molecule has 0 fully saturated rings. The van der Waals surface area contributed by atoms with Gasteiger partial charge >= 0.3 is 0 Å². The highest BCUT2D eigenvalue weighted by Gasteiger charge is 2.24. The van der Waals surface area contributed by atoms with Crippen molar-refractivity contribution in [2.24, 2.45) is 5.92 Å². The summed E-state index contributed by atoms with van der Waals surface area (Å²) in [6.45, 7) is 9.70. The molecule has 134 valence electrons. The molecular weight excluding hydrogens is 304 g/mol. The summed E-state index contributed by atoms with van der Waals surface area (Å²) in [4.78, 5) is 24.7. The Hall–Kier alpha value is -1.88. The maximum Gasteiger partial charge on any atom is 0.251 e. The number of ether oxygens (including phenoxy) is 1. The van der Waals surface area contributed by atoms with Gasteiger partial charge in [-0.15, -0.1) is 0 Å². The van der Waals surface area contributed by atoms with Crippen LogP contribution in [0, 0.1) is 5.92 Å². The van der Waals surface area contributed by atoms with E-state index in [2.05, 4.69) is 17.6 Å². The van der Waals surface area contributed by atoms with Crippen molar-refractivity contribution >= 4 is 11.8 Å². The molecule has 1 aromatic carbocycles. The Bertz CT molecular complexity index is 512. The van der Waals surface area contributed by atoms with Crippen LogP contribution in [-0.4, -0.2) is 37.6 Å². The van der Waals surface area contributed by atoms with Crippen molar-refractivity contribution < 1.29 is 14.3 Å². The van der Waals surface area contributed by atoms with Crippen molar-refractivity contribution in [3.63, 3.8) is 0 Å². The van der Waals surface area contributed by atoms with E-state index < -0.39 is 6.04 Å². The fourth-order valence-electron chi connectivity index (χ4n) is 2.29. The molecule has 0 saturated heterocycles. The van der Waals surface area contributed by atoms with E-state index >= 15 is 0 Å². The highest BCUT2D eigenvalue weighted by Crippen LogP contribution is 2.08. The lowest BCUT2D eigenvalue weighted by molar-refractivity contribution is -0.124. The molecule has 0 aromatic heterocycles. The van der Waals surface area contributed by atoms with Gasteiger partial charge in [0.1, 0.15) is 6.04 Å². The van der Waals surface area contributed by atoms with Crippen LogP contribution in [0.4, 0.5) is 0 Å². The van der Waals surface area contributed by atoms with Gasteiger partial charge in [0.05, 0.1) is 0 Å². The van der Waals surface area contributed by atoms with Crippen molar-refractivity contribution in [3.05, 3.63) is 35.4 Å². The maximum atomic E-state index is 12.4. The predicted molar refractivity (Wildman–Crippen MR) is 96.0 cm³/mol. The average molecular weight is 334 g/mol. The molecule has 0 spiro atoms. The zero-order chi connectivity index (χ0) is 17.9. The second kappa shape index (κ2) is 10.8. The number of aryl methyl sites for hydroxylation is 1. The van der Waals surface area contributed by atoms with Gasteiger partial charge in [-0.2, -0.15) is 0 Å². The van der Waals surface area contributed by atoms with E-state index in [0.717, 1.165) is 12.8 Å². The lowest BCUT2D eigenvalue weighted by atomic mass is 10.0. The van der Waals surface area contributed by atoms with Crippen molar-refractivity contribution in [1.82, 2.24) is 10.6 Å². The van der Waals surface area contributed by atoms with Crippen molar-refractivity contribution in [3.8, 4) is 0 Å². The Morgan fingerprint density at radius 3 is 2.33 bits per heavy atom. The molecule has 0 radical (unpaired) electrons. The second-order valence-electron chi connectivity index (χ2n) is 6.09. The minimum Gasteiger partial charge on any atom is -0.382 e. The van der Waals surface area contributed by atoms with E-state index in [4.69, 9.17) is 4.74 Å². The number of benzene rings is 1. The molecule has 5 nitrogen and oxygen atoms in total. The molecule has 0 aliphatic heterocycles. The van der Waals surface area contributed by atoms with E-state index in [1.165, 1.54) is 5.56 Å². The van der Waals surface area contributed by atoms with Gasteiger partial charge in [-0.25, -0.2) is 0 Å². The summed E-state index contributed by atoms with van der Waals surface area (Å²) in [5, 5.41) is 5.70. The number of carbonyl (C=O) groups is 2. The van der Waals surface area contributed by atoms with E-state index in [-0.39, 0.29) is 17.7 Å². The molecule has 2 N–H and O–H groups in total. The normalized spacial score (nSPS) is 12.0. The standard InChI is InChI=1S/C19H30N2O3/c1-5-15-8-10-16(11-9-15)18(22)21-17(14(3)4)19(23)20-12-7-13-24-6-2/h8-11,14,17H,5-7,12-13H2,1-4H3,(H,20,23)(H,21,22)/t17-/m0/s1. The van der Waals surface area contributed by atoms with Crippen LogP contribution in [0.15, 0.2) is 24.3 Å². The predicted octanol–water partition coefficient (Wildman–Crippen LogP) is 2.55. The number of hydrogen-bond donors (Lipinski definition) is 2. The topological polar surface area (TPSA) is 67.4 Å². The molecule has 0 heterocycles. The SMILES string of the molecule is CCOCCCNC(=O)[C@@H](NC(=O)c1ccc(CC)cc1)C(C)C. The minimum atomic E-state index is -0.546. The van der Waals surface area contributed by atoms with Gasteiger partial charge in [0, 0.05) is 25.3 Å². The first kappa shape index (κ1) is 20.2. The fourth-order valence-corrected chi connectivity index (χ4v) is 2.29. The largest absolute Gasteiger partial charge is 0.382 e. The maximum absolute atomic E-state index is 12.4. The van der Waals surface area contributed by atoms with Crippen LogP contribution < -0.4 is 10.6 Å². The molecule has 5 heteroatoms. The van der Waals surface area contributed by atoms with Gasteiger partial charge in [-0.3, -0.25) is 9.59 Å². The van der Waals surface area contributed by atoms with Gasteiger partial charge in [0.15, 0.2) is 0 Å². The van der Waals surface area contributed by atoms with Crippen LogP contribution in [0.3, 0.4) is 0 Å². The molecule has 0 unspecified atom stereocenters. The van der Waals surface area contributed by atoms with Crippen LogP contribution in [0.5, 0.6) is 0 Å². The van der Waals surface area contributed by atoms with Crippen LogP contribution in [-0.2, 0) is 16.0 Å². The molecule has 0 bridgehead atoms. The zero-order valence-electron chi connectivity index (χ0n) is 15.2. The number of rotatable bonds is 10. The first-order valence-corrected chi connectivity index (χ1v) is 8.74. The van der Waals surface area contributed by atoms with E-state index in [1.54, 1.807) is 12.1 Å². The third kappa shape index (κ3) is 6.71. The summed E-state index contributed by atoms with van der Waals surface area (Å²) in [7, 11) is 0. The van der Waals surface area contributed by atoms with E-state index in [9.17, 15) is 9.59 Å². The van der Waals surface area contributed by atoms with Crippen LogP contribution in [0.1, 0.15) is 50.0 Å². The molecule has 2 amide bonds. The summed E-state index contributed by atoms with van der Waals surface area (Å²) in [5.74, 6) is -0.364. The van der Waals surface area contributed by atoms with Crippen molar-refractivity contribution in [1.29, 1.82) is 0 Å². The van der Waals surface area contributed by atoms with Crippen LogP contribution in [0.2, 0.25) is 0 Å². The molecule has 1 aromatic rings. The van der Waals surface area contributed by atoms with Gasteiger partial charge in [-0.1, -0.05) is 32.9 Å². The summed E-state index contributed by atoms with van der Waals surface area (Å²) in [6, 6.07) is 6.92. The minimum absolute atomic E-state index is 0.00996. The Balaban J connectivity index is 2.57. The van der Waals surface area contributed by atoms with Crippen molar-refractivity contribution in [2.45, 2.75) is 46.6 Å². The third-order valence-corrected chi connectivity index (χ3v) is 3.83. The third-order valence-electron chi connectivity index (χ3n) is 3.83. The first-order chi connectivity index (χ1) is 11.5. The fraction of sp³-hybridized carbons (Fsp3) is 0.579. The van der Waals surface area contributed by atoms with Gasteiger partial charge in [0.2, 0.25) is 5.91 Å². The summed E-state index contributed by atoms with van der Waals surface area (Å²) in [6.07, 6.45) is 1.69. The van der Waals surface area contributed by atoms with Gasteiger partial charge in [-0.05, 0) is 43.4 Å². The summed E-state index contributed by atoms with van der Waals surface area (Å²) < 4.78 is 5.24. The van der Waals surface area contributed by atoms with Crippen LogP contribution >= 0.6 is 0 Å². The van der Waals surface area contributed by atoms with E-state index in [0.29, 0.717) is 25.3 Å². The monoisotopic (exact) mass is 334 g/mol. The Morgan fingerprint density at radius 1 is 1.12 bits per heavy atom. The zero-order valence-corrected chi connectivity index (χ0v) is 15.2. The van der Waals surface area contributed by atoms with Crippen LogP contribution in [0.25, 0.3) is 0 Å². The van der Waals surface area contributed by atoms with E-state index in [1.807, 2.05) is 32.9 Å². The lowest BCUT2D eigenvalue weighted by Crippen LogP contribution is -2.50. The van der Waals surface area contributed by atoms with Gasteiger partial charge in [0.25, 0.3) is 5.91 Å². The number of hydrogen-bond acceptors (Lipinski definition) is 3. The van der Waals surface area contributed by atoms with Crippen molar-refractivity contribution in [2.75, 3.05) is 19.8 Å². The smallest absolute Gasteiger partial charge is 0.251 e. The molecular formula is C19H30N2O3. The Morgan fingerprint density at radius 2 is 1.79 bits per heavy atom. The molecule has 0 aliphatic rings. The molecule has 1 atom stereocenters. The molecule has 24 heavy (non-hydrogen) atoms. The molecule has 0 saturated carbocycles. The second-order valence-corrected chi connectivity index (χ2v) is 6.09. The highest BCUT2D eigenvalue weighted by molar-refractivity contribution is 5.97. The quantitative estimate of drug-likeness (QED) is 0.646. The van der Waals surface area contributed by atoms with Gasteiger partial charge < -0.3 is 15.4 Å². The average Bonchev–Trinajstić information content (AvgIpc) is 2.58. The lowest BCUT2D eigenvalue weighted by Gasteiger charge is -2.22. The molecule has 1 rings (SSSR count). The molecule has 0 aliphatic carbocycles. The Kier molecular flexibility index (Phi) is 9.08. The number of amides is 2. The number of nitrogens with one attached hydrogen (secondary N) is 2. The highest BCUT2D eigenvalue weighted by atomic mass is 16.5.